The number of ether oxygens (including phenoxy) is 1. The highest BCUT2D eigenvalue weighted by Gasteiger charge is 2.29. The molecule has 0 fully saturated rings. The largest absolute Gasteiger partial charge is 0.495 e. The van der Waals surface area contributed by atoms with Crippen LogP contribution in [0.3, 0.4) is 0 Å². The lowest BCUT2D eigenvalue weighted by atomic mass is 10.0. The molecule has 0 unspecified atom stereocenters. The third-order valence-electron chi connectivity index (χ3n) is 3.40. The van der Waals surface area contributed by atoms with Crippen LogP contribution in [0.15, 0.2) is 42.5 Å². The monoisotopic (exact) mass is 342 g/mol. The first-order chi connectivity index (χ1) is 10.8. The topological polar surface area (TPSA) is 26.3 Å². The highest BCUT2D eigenvalue weighted by Crippen LogP contribution is 2.29. The molecular formula is C17H14ClF3O2. The molecule has 0 aliphatic rings. The summed E-state index contributed by atoms with van der Waals surface area (Å²) in [7, 11) is 1.46. The summed E-state index contributed by atoms with van der Waals surface area (Å²) in [6.07, 6.45) is -3.80. The minimum absolute atomic E-state index is 0.125. The van der Waals surface area contributed by atoms with Crippen molar-refractivity contribution in [3.8, 4) is 5.75 Å². The molecule has 0 heterocycles. The van der Waals surface area contributed by atoms with E-state index in [9.17, 15) is 18.0 Å². The van der Waals surface area contributed by atoms with Gasteiger partial charge < -0.3 is 4.74 Å². The van der Waals surface area contributed by atoms with Crippen molar-refractivity contribution in [2.75, 3.05) is 7.11 Å². The van der Waals surface area contributed by atoms with Crippen LogP contribution in [-0.4, -0.2) is 12.9 Å². The highest BCUT2D eigenvalue weighted by atomic mass is 35.5. The molecule has 0 saturated heterocycles. The van der Waals surface area contributed by atoms with Crippen LogP contribution < -0.4 is 4.74 Å². The minimum Gasteiger partial charge on any atom is -0.495 e. The summed E-state index contributed by atoms with van der Waals surface area (Å²) in [6, 6.07) is 9.54. The number of methoxy groups -OCH3 is 1. The summed E-state index contributed by atoms with van der Waals surface area (Å²) in [5, 5.41) is 0.409. The third-order valence-corrected chi connectivity index (χ3v) is 3.71. The van der Waals surface area contributed by atoms with E-state index in [1.54, 1.807) is 18.2 Å². The number of Topliss-reactive ketones (excluding diaryl/α,β-unsaturated/α-hetero) is 1. The molecule has 23 heavy (non-hydrogen) atoms. The number of rotatable bonds is 5. The van der Waals surface area contributed by atoms with Gasteiger partial charge in [-0.3, -0.25) is 4.79 Å². The molecule has 0 aromatic heterocycles. The van der Waals surface area contributed by atoms with Crippen molar-refractivity contribution in [3.05, 3.63) is 64.2 Å². The van der Waals surface area contributed by atoms with Crippen LogP contribution in [0.1, 0.15) is 27.9 Å². The van der Waals surface area contributed by atoms with E-state index < -0.39 is 11.7 Å². The summed E-state index contributed by atoms with van der Waals surface area (Å²) in [5.74, 6) is 0.284. The Morgan fingerprint density at radius 3 is 2.35 bits per heavy atom. The smallest absolute Gasteiger partial charge is 0.416 e. The molecule has 0 N–H and O–H groups in total. The number of alkyl halides is 3. The molecule has 0 bridgehead atoms. The van der Waals surface area contributed by atoms with Crippen LogP contribution in [0.2, 0.25) is 5.02 Å². The van der Waals surface area contributed by atoms with Gasteiger partial charge in [0.05, 0.1) is 17.7 Å². The van der Waals surface area contributed by atoms with Crippen molar-refractivity contribution in [2.24, 2.45) is 0 Å². The zero-order valence-electron chi connectivity index (χ0n) is 12.3. The highest BCUT2D eigenvalue weighted by molar-refractivity contribution is 6.32. The third kappa shape index (κ3) is 4.48. The molecule has 0 saturated carbocycles. The lowest BCUT2D eigenvalue weighted by Crippen LogP contribution is -2.05. The van der Waals surface area contributed by atoms with Gasteiger partial charge in [-0.2, -0.15) is 13.2 Å². The van der Waals surface area contributed by atoms with E-state index >= 15 is 0 Å². The fraction of sp³-hybridized carbons (Fsp3) is 0.235. The van der Waals surface area contributed by atoms with E-state index in [1.165, 1.54) is 19.2 Å². The number of carbonyl (C=O) groups is 1. The summed E-state index contributed by atoms with van der Waals surface area (Å²) < 4.78 is 42.5. The van der Waals surface area contributed by atoms with Crippen LogP contribution in [0.5, 0.6) is 5.75 Å². The Hall–Kier alpha value is -2.01. The molecule has 0 radical (unpaired) electrons. The fourth-order valence-electron chi connectivity index (χ4n) is 2.10. The molecule has 0 aliphatic carbocycles. The van der Waals surface area contributed by atoms with Crippen LogP contribution >= 0.6 is 11.6 Å². The number of carbonyl (C=O) groups excluding carboxylic acids is 1. The SMILES string of the molecule is COc1cc(C(=O)CCc2ccc(C(F)(F)F)cc2)ccc1Cl. The van der Waals surface area contributed by atoms with Gasteiger partial charge in [0.15, 0.2) is 5.78 Å². The number of ketones is 1. The van der Waals surface area contributed by atoms with Crippen molar-refractivity contribution < 1.29 is 22.7 Å². The van der Waals surface area contributed by atoms with Gasteiger partial charge in [-0.1, -0.05) is 23.7 Å². The zero-order chi connectivity index (χ0) is 17.0. The van der Waals surface area contributed by atoms with Crippen LogP contribution in [0.25, 0.3) is 0 Å². The van der Waals surface area contributed by atoms with E-state index in [0.29, 0.717) is 28.3 Å². The van der Waals surface area contributed by atoms with Gasteiger partial charge in [-0.05, 0) is 42.3 Å². The first-order valence-electron chi connectivity index (χ1n) is 6.84. The van der Waals surface area contributed by atoms with Crippen LogP contribution in [0, 0.1) is 0 Å². The summed E-state index contributed by atoms with van der Waals surface area (Å²) >= 11 is 5.90. The molecule has 2 aromatic carbocycles. The number of aryl methyl sites for hydroxylation is 1. The Labute approximate surface area is 136 Å². The van der Waals surface area contributed by atoms with E-state index in [1.807, 2.05) is 0 Å². The van der Waals surface area contributed by atoms with E-state index in [-0.39, 0.29) is 12.2 Å². The summed E-state index contributed by atoms with van der Waals surface area (Å²) in [4.78, 5) is 12.1. The Morgan fingerprint density at radius 2 is 1.78 bits per heavy atom. The van der Waals surface area contributed by atoms with Gasteiger partial charge in [0, 0.05) is 12.0 Å². The molecule has 2 rings (SSSR count). The molecule has 122 valence electrons. The molecule has 0 atom stereocenters. The average molecular weight is 343 g/mol. The lowest BCUT2D eigenvalue weighted by molar-refractivity contribution is -0.137. The van der Waals surface area contributed by atoms with Gasteiger partial charge >= 0.3 is 6.18 Å². The zero-order valence-corrected chi connectivity index (χ0v) is 13.0. The quantitative estimate of drug-likeness (QED) is 0.699. The standard InChI is InChI=1S/C17H14ClF3O2/c1-23-16-10-12(5-8-14(16)18)15(22)9-4-11-2-6-13(7-3-11)17(19,20)21/h2-3,5-8,10H,4,9H2,1H3. The van der Waals surface area contributed by atoms with Crippen molar-refractivity contribution >= 4 is 17.4 Å². The molecule has 2 aromatic rings. The molecule has 6 heteroatoms. The van der Waals surface area contributed by atoms with Crippen molar-refractivity contribution in [2.45, 2.75) is 19.0 Å². The average Bonchev–Trinajstić information content (AvgIpc) is 2.52. The first kappa shape index (κ1) is 17.3. The maximum atomic E-state index is 12.5. The molecule has 0 spiro atoms. The Balaban J connectivity index is 2.02. The lowest BCUT2D eigenvalue weighted by Gasteiger charge is -2.08. The maximum Gasteiger partial charge on any atom is 0.416 e. The molecule has 2 nitrogen and oxygen atoms in total. The Morgan fingerprint density at radius 1 is 1.13 bits per heavy atom. The number of hydrogen-bond acceptors (Lipinski definition) is 2. The minimum atomic E-state index is -4.35. The van der Waals surface area contributed by atoms with Gasteiger partial charge in [-0.25, -0.2) is 0 Å². The number of halogens is 4. The number of benzene rings is 2. The van der Waals surface area contributed by atoms with Crippen LogP contribution in [0.4, 0.5) is 13.2 Å². The van der Waals surface area contributed by atoms with Crippen molar-refractivity contribution in [3.63, 3.8) is 0 Å². The van der Waals surface area contributed by atoms with Gasteiger partial charge in [-0.15, -0.1) is 0 Å². The first-order valence-corrected chi connectivity index (χ1v) is 7.22. The summed E-state index contributed by atoms with van der Waals surface area (Å²) in [5.41, 5.74) is 0.431. The van der Waals surface area contributed by atoms with Gasteiger partial charge in [0.25, 0.3) is 0 Å². The maximum absolute atomic E-state index is 12.5. The normalized spacial score (nSPS) is 11.3. The molecule has 0 aliphatic heterocycles. The van der Waals surface area contributed by atoms with E-state index in [4.69, 9.17) is 16.3 Å². The predicted octanol–water partition coefficient (Wildman–Crippen LogP) is 5.18. The van der Waals surface area contributed by atoms with E-state index in [2.05, 4.69) is 0 Å². The second-order valence-corrected chi connectivity index (χ2v) is 5.37. The predicted molar refractivity (Wildman–Crippen MR) is 82.1 cm³/mol. The van der Waals surface area contributed by atoms with Crippen molar-refractivity contribution in [1.29, 1.82) is 0 Å². The van der Waals surface area contributed by atoms with Gasteiger partial charge in [0.1, 0.15) is 5.75 Å². The number of hydrogen-bond donors (Lipinski definition) is 0. The molecular weight excluding hydrogens is 329 g/mol. The second-order valence-electron chi connectivity index (χ2n) is 4.97. The van der Waals surface area contributed by atoms with Gasteiger partial charge in [0.2, 0.25) is 0 Å². The fourth-order valence-corrected chi connectivity index (χ4v) is 2.29. The Kier molecular flexibility index (Phi) is 5.31. The Bertz CT molecular complexity index is 694. The second kappa shape index (κ2) is 7.04. The summed E-state index contributed by atoms with van der Waals surface area (Å²) in [6.45, 7) is 0. The van der Waals surface area contributed by atoms with Crippen molar-refractivity contribution in [1.82, 2.24) is 0 Å². The van der Waals surface area contributed by atoms with E-state index in [0.717, 1.165) is 12.1 Å². The van der Waals surface area contributed by atoms with Crippen LogP contribution in [-0.2, 0) is 12.6 Å². The molecule has 0 amide bonds.